The second-order valence-corrected chi connectivity index (χ2v) is 11.3. The summed E-state index contributed by atoms with van der Waals surface area (Å²) in [4.78, 5) is 0. The molecule has 1 N–H and O–H groups in total. The van der Waals surface area contributed by atoms with Crippen molar-refractivity contribution in [3.05, 3.63) is 34.3 Å². The highest BCUT2D eigenvalue weighted by Gasteiger charge is 2.49. The molecule has 0 aromatic heterocycles. The fourth-order valence-electron chi connectivity index (χ4n) is 8.18. The summed E-state index contributed by atoms with van der Waals surface area (Å²) in [5.41, 5.74) is 7.40. The Kier molecular flexibility index (Phi) is 4.44. The van der Waals surface area contributed by atoms with Gasteiger partial charge in [0.15, 0.2) is 0 Å². The lowest BCUT2D eigenvalue weighted by Crippen LogP contribution is -2.45. The van der Waals surface area contributed by atoms with Gasteiger partial charge in [-0.3, -0.25) is 0 Å². The fourth-order valence-corrected chi connectivity index (χ4v) is 8.18. The molecule has 6 aliphatic rings. The van der Waals surface area contributed by atoms with Crippen molar-refractivity contribution >= 4 is 0 Å². The molecular weight excluding hydrogens is 354 g/mol. The van der Waals surface area contributed by atoms with E-state index in [9.17, 15) is 0 Å². The summed E-state index contributed by atoms with van der Waals surface area (Å²) in [5, 5.41) is 4.12. The minimum absolute atomic E-state index is 0.409. The Labute approximate surface area is 177 Å². The third-order valence-corrected chi connectivity index (χ3v) is 9.57. The van der Waals surface area contributed by atoms with E-state index in [-0.39, 0.29) is 0 Å². The Morgan fingerprint density at radius 3 is 2.62 bits per heavy atom. The van der Waals surface area contributed by atoms with E-state index in [1.807, 2.05) is 11.1 Å². The molecule has 5 atom stereocenters. The van der Waals surface area contributed by atoms with Gasteiger partial charge in [-0.1, -0.05) is 31.1 Å². The van der Waals surface area contributed by atoms with E-state index in [1.165, 1.54) is 89.2 Å². The predicted molar refractivity (Wildman–Crippen MR) is 118 cm³/mol. The summed E-state index contributed by atoms with van der Waals surface area (Å²) >= 11 is 0. The van der Waals surface area contributed by atoms with Crippen LogP contribution >= 0.6 is 0 Å². The summed E-state index contributed by atoms with van der Waals surface area (Å²) in [6.45, 7) is 5.11. The van der Waals surface area contributed by atoms with E-state index in [1.54, 1.807) is 11.3 Å². The van der Waals surface area contributed by atoms with Crippen LogP contribution in [0.1, 0.15) is 97.3 Å². The van der Waals surface area contributed by atoms with Gasteiger partial charge in [-0.15, -0.1) is 0 Å². The predicted octanol–water partition coefficient (Wildman–Crippen LogP) is 6.79. The van der Waals surface area contributed by atoms with Gasteiger partial charge in [-0.2, -0.15) is 0 Å². The van der Waals surface area contributed by atoms with Crippen LogP contribution in [0.3, 0.4) is 0 Å². The molecule has 1 fully saturated rings. The Morgan fingerprint density at radius 2 is 1.72 bits per heavy atom. The lowest BCUT2D eigenvalue weighted by atomic mass is 9.69. The highest BCUT2D eigenvalue weighted by Crippen LogP contribution is 2.59. The lowest BCUT2D eigenvalue weighted by molar-refractivity contribution is 0.0633. The van der Waals surface area contributed by atoms with Crippen molar-refractivity contribution < 1.29 is 4.74 Å². The topological polar surface area (TPSA) is 21.3 Å². The zero-order valence-corrected chi connectivity index (χ0v) is 18.6. The molecule has 1 saturated carbocycles. The largest absolute Gasteiger partial charge is 0.494 e. The molecule has 2 nitrogen and oxygen atoms in total. The van der Waals surface area contributed by atoms with Crippen LogP contribution in [-0.4, -0.2) is 12.1 Å². The van der Waals surface area contributed by atoms with Crippen LogP contribution in [0.15, 0.2) is 34.3 Å². The summed E-state index contributed by atoms with van der Waals surface area (Å²) in [7, 11) is 0. The fraction of sp³-hybridized carbons (Fsp3) is 0.778. The molecule has 2 heteroatoms. The highest BCUT2D eigenvalue weighted by molar-refractivity contribution is 5.37. The van der Waals surface area contributed by atoms with E-state index in [0.29, 0.717) is 23.5 Å². The molecule has 0 aromatic rings. The molecule has 5 aliphatic carbocycles. The van der Waals surface area contributed by atoms with Crippen molar-refractivity contribution in [2.75, 3.05) is 0 Å². The molecule has 0 amide bonds. The number of hydrogen-bond acceptors (Lipinski definition) is 2. The average Bonchev–Trinajstić information content (AvgIpc) is 3.23. The van der Waals surface area contributed by atoms with Gasteiger partial charge in [0, 0.05) is 24.1 Å². The average molecular weight is 394 g/mol. The maximum Gasteiger partial charge on any atom is 0.107 e. The summed E-state index contributed by atoms with van der Waals surface area (Å²) < 4.78 is 6.47. The van der Waals surface area contributed by atoms with Crippen molar-refractivity contribution in [3.63, 3.8) is 0 Å². The number of nitrogens with one attached hydrogen (secondary N) is 1. The van der Waals surface area contributed by atoms with Gasteiger partial charge in [-0.25, -0.2) is 0 Å². The molecule has 0 bridgehead atoms. The first-order valence-electron chi connectivity index (χ1n) is 12.7. The molecule has 0 saturated heterocycles. The molecule has 0 spiro atoms. The van der Waals surface area contributed by atoms with Gasteiger partial charge in [0.2, 0.25) is 0 Å². The second-order valence-electron chi connectivity index (χ2n) is 11.3. The first-order valence-corrected chi connectivity index (χ1v) is 12.7. The van der Waals surface area contributed by atoms with Crippen LogP contribution in [0.4, 0.5) is 0 Å². The first kappa shape index (κ1) is 18.6. The Balaban J connectivity index is 1.21. The van der Waals surface area contributed by atoms with Gasteiger partial charge in [0.1, 0.15) is 6.10 Å². The van der Waals surface area contributed by atoms with Crippen LogP contribution in [-0.2, 0) is 4.74 Å². The third-order valence-electron chi connectivity index (χ3n) is 9.57. The van der Waals surface area contributed by atoms with E-state index < -0.39 is 0 Å². The van der Waals surface area contributed by atoms with Gasteiger partial charge in [-0.05, 0) is 99.9 Å². The molecule has 0 aromatic carbocycles. The molecule has 158 valence electrons. The van der Waals surface area contributed by atoms with Gasteiger partial charge in [0.05, 0.1) is 5.76 Å². The summed E-state index contributed by atoms with van der Waals surface area (Å²) in [6, 6.07) is 0.606. The van der Waals surface area contributed by atoms with Crippen molar-refractivity contribution in [2.24, 2.45) is 23.2 Å². The van der Waals surface area contributed by atoms with Crippen LogP contribution in [0.2, 0.25) is 0 Å². The van der Waals surface area contributed by atoms with Crippen LogP contribution < -0.4 is 5.32 Å². The van der Waals surface area contributed by atoms with Gasteiger partial charge < -0.3 is 10.1 Å². The zero-order chi connectivity index (χ0) is 19.6. The van der Waals surface area contributed by atoms with E-state index >= 15 is 0 Å². The molecule has 4 unspecified atom stereocenters. The quantitative estimate of drug-likeness (QED) is 0.521. The SMILES string of the molecule is CC1(C)C2=C(CCCC2)C2CC=C(NC3CCCC4OC5=C(CCCC5)[C@H]34)CC21. The normalized spacial score (nSPS) is 40.5. The highest BCUT2D eigenvalue weighted by atomic mass is 16.5. The molecule has 1 heterocycles. The van der Waals surface area contributed by atoms with Crippen LogP contribution in [0, 0.1) is 23.2 Å². The standard InChI is InChI=1S/C27H39NO/c1-27(2)21-10-5-3-8-18(21)19-15-14-17(16-22(19)27)28-23-11-7-13-25-26(23)20-9-4-6-12-24(20)29-25/h14,19,22-23,25-26,28H,3-13,15-16H2,1-2H3/t19?,22?,23?,25?,26-/m1/s1. The van der Waals surface area contributed by atoms with Crippen molar-refractivity contribution in [3.8, 4) is 0 Å². The summed E-state index contributed by atoms with van der Waals surface area (Å²) in [6.07, 6.45) is 20.3. The number of ether oxygens (including phenoxy) is 1. The Hall–Kier alpha value is -1.18. The van der Waals surface area contributed by atoms with E-state index in [0.717, 1.165) is 11.8 Å². The van der Waals surface area contributed by atoms with Crippen molar-refractivity contribution in [2.45, 2.75) is 109 Å². The Bertz CT molecular complexity index is 784. The molecule has 6 rings (SSSR count). The van der Waals surface area contributed by atoms with E-state index in [2.05, 4.69) is 25.2 Å². The maximum absolute atomic E-state index is 6.47. The minimum atomic E-state index is 0.409. The second kappa shape index (κ2) is 6.92. The van der Waals surface area contributed by atoms with Crippen molar-refractivity contribution in [1.29, 1.82) is 0 Å². The van der Waals surface area contributed by atoms with Crippen LogP contribution in [0.25, 0.3) is 0 Å². The van der Waals surface area contributed by atoms with Gasteiger partial charge in [0.25, 0.3) is 0 Å². The monoisotopic (exact) mass is 393 g/mol. The smallest absolute Gasteiger partial charge is 0.107 e. The molecular formula is C27H39NO. The summed E-state index contributed by atoms with van der Waals surface area (Å²) in [5.74, 6) is 3.71. The third kappa shape index (κ3) is 2.87. The molecule has 1 aliphatic heterocycles. The van der Waals surface area contributed by atoms with Crippen LogP contribution in [0.5, 0.6) is 0 Å². The Morgan fingerprint density at radius 1 is 0.931 bits per heavy atom. The zero-order valence-electron chi connectivity index (χ0n) is 18.6. The van der Waals surface area contributed by atoms with Crippen molar-refractivity contribution in [1.82, 2.24) is 5.32 Å². The minimum Gasteiger partial charge on any atom is -0.494 e. The number of rotatable bonds is 2. The number of allylic oxidation sites excluding steroid dienone is 5. The molecule has 29 heavy (non-hydrogen) atoms. The maximum atomic E-state index is 6.47. The number of hydrogen-bond donors (Lipinski definition) is 1. The lowest BCUT2D eigenvalue weighted by Gasteiger charge is -2.40. The first-order chi connectivity index (χ1) is 14.1. The van der Waals surface area contributed by atoms with Gasteiger partial charge >= 0.3 is 0 Å². The molecule has 0 radical (unpaired) electrons. The number of fused-ring (bicyclic) bond motifs is 4. The van der Waals surface area contributed by atoms with E-state index in [4.69, 9.17) is 4.74 Å².